The summed E-state index contributed by atoms with van der Waals surface area (Å²) in [5.74, 6) is -1.57. The van der Waals surface area contributed by atoms with Crippen molar-refractivity contribution in [3.05, 3.63) is 100 Å². The third-order valence-corrected chi connectivity index (χ3v) is 7.23. The Labute approximate surface area is 202 Å². The zero-order chi connectivity index (χ0) is 24.0. The standard InChI is InChI=1S/C28H24N2O3S/c1-4-18-8-12-19(13-9-18)24-23(25(31)20-10-5-16(2)6-11-20)26(32)27(33)30(24)28-29-21-14-7-17(3)15-22(21)34-28/h5-15,24,31H,4H2,1-3H3/b25-23+. The van der Waals surface area contributed by atoms with E-state index in [0.29, 0.717) is 10.7 Å². The lowest BCUT2D eigenvalue weighted by Gasteiger charge is -2.23. The molecule has 5 nitrogen and oxygen atoms in total. The van der Waals surface area contributed by atoms with Gasteiger partial charge in [0, 0.05) is 5.56 Å². The molecular formula is C28H24N2O3S. The molecule has 34 heavy (non-hydrogen) atoms. The monoisotopic (exact) mass is 468 g/mol. The Hall–Kier alpha value is -3.77. The van der Waals surface area contributed by atoms with E-state index < -0.39 is 17.7 Å². The van der Waals surface area contributed by atoms with Crippen LogP contribution in [0.1, 0.15) is 40.8 Å². The van der Waals surface area contributed by atoms with Gasteiger partial charge in [0.05, 0.1) is 21.8 Å². The Morgan fingerprint density at radius 3 is 2.32 bits per heavy atom. The van der Waals surface area contributed by atoms with Crippen molar-refractivity contribution in [3.63, 3.8) is 0 Å². The van der Waals surface area contributed by atoms with Gasteiger partial charge in [0.15, 0.2) is 5.13 Å². The van der Waals surface area contributed by atoms with E-state index >= 15 is 0 Å². The number of carbonyl (C=O) groups excluding carboxylic acids is 2. The molecule has 1 saturated heterocycles. The van der Waals surface area contributed by atoms with E-state index in [4.69, 9.17) is 0 Å². The number of nitrogens with zero attached hydrogens (tertiary/aromatic N) is 2. The number of ketones is 1. The highest BCUT2D eigenvalue weighted by Gasteiger charge is 2.48. The van der Waals surface area contributed by atoms with Crippen LogP contribution in [0.5, 0.6) is 0 Å². The van der Waals surface area contributed by atoms with Gasteiger partial charge in [0.1, 0.15) is 5.76 Å². The second-order valence-electron chi connectivity index (χ2n) is 8.60. The predicted molar refractivity (Wildman–Crippen MR) is 136 cm³/mol. The minimum atomic E-state index is -0.770. The van der Waals surface area contributed by atoms with Crippen molar-refractivity contribution in [1.29, 1.82) is 0 Å². The first-order valence-electron chi connectivity index (χ1n) is 11.2. The lowest BCUT2D eigenvalue weighted by molar-refractivity contribution is -0.132. The van der Waals surface area contributed by atoms with Crippen LogP contribution in [0.4, 0.5) is 5.13 Å². The van der Waals surface area contributed by atoms with Crippen LogP contribution in [-0.4, -0.2) is 21.8 Å². The largest absolute Gasteiger partial charge is 0.507 e. The summed E-state index contributed by atoms with van der Waals surface area (Å²) in [6.07, 6.45) is 0.876. The zero-order valence-corrected chi connectivity index (χ0v) is 20.0. The van der Waals surface area contributed by atoms with E-state index in [1.807, 2.05) is 68.4 Å². The summed E-state index contributed by atoms with van der Waals surface area (Å²) in [5.41, 5.74) is 5.37. The minimum absolute atomic E-state index is 0.0774. The molecule has 0 bridgehead atoms. The Balaban J connectivity index is 1.72. The fraction of sp³-hybridized carbons (Fsp3) is 0.179. The molecular weight excluding hydrogens is 444 g/mol. The van der Waals surface area contributed by atoms with Crippen LogP contribution < -0.4 is 4.90 Å². The number of fused-ring (bicyclic) bond motifs is 1. The van der Waals surface area contributed by atoms with Gasteiger partial charge in [0.25, 0.3) is 5.78 Å². The number of hydrogen-bond donors (Lipinski definition) is 1. The summed E-state index contributed by atoms with van der Waals surface area (Å²) in [5, 5.41) is 11.7. The number of rotatable bonds is 4. The molecule has 1 amide bonds. The molecule has 1 unspecified atom stereocenters. The van der Waals surface area contributed by atoms with Crippen LogP contribution in [0.15, 0.2) is 72.3 Å². The molecule has 1 atom stereocenters. The number of Topliss-reactive ketones (excluding diaryl/α,β-unsaturated/α-hetero) is 1. The highest BCUT2D eigenvalue weighted by molar-refractivity contribution is 7.22. The molecule has 5 rings (SSSR count). The lowest BCUT2D eigenvalue weighted by Crippen LogP contribution is -2.29. The highest BCUT2D eigenvalue weighted by Crippen LogP contribution is 2.44. The number of hydrogen-bond acceptors (Lipinski definition) is 5. The molecule has 170 valence electrons. The third kappa shape index (κ3) is 3.70. The number of benzene rings is 3. The van der Waals surface area contributed by atoms with Crippen LogP contribution in [0.2, 0.25) is 0 Å². The van der Waals surface area contributed by atoms with E-state index in [2.05, 4.69) is 11.9 Å². The van der Waals surface area contributed by atoms with Crippen molar-refractivity contribution in [3.8, 4) is 0 Å². The van der Waals surface area contributed by atoms with Crippen LogP contribution in [0.3, 0.4) is 0 Å². The zero-order valence-electron chi connectivity index (χ0n) is 19.2. The Bertz CT molecular complexity index is 1450. The predicted octanol–water partition coefficient (Wildman–Crippen LogP) is 6.10. The van der Waals surface area contributed by atoms with Crippen LogP contribution in [0.25, 0.3) is 16.0 Å². The molecule has 1 aliphatic heterocycles. The molecule has 0 saturated carbocycles. The number of carbonyl (C=O) groups is 2. The smallest absolute Gasteiger partial charge is 0.301 e. The Morgan fingerprint density at radius 2 is 1.65 bits per heavy atom. The maximum Gasteiger partial charge on any atom is 0.301 e. The Morgan fingerprint density at radius 1 is 0.971 bits per heavy atom. The van der Waals surface area contributed by atoms with Crippen molar-refractivity contribution >= 4 is 44.1 Å². The van der Waals surface area contributed by atoms with Crippen LogP contribution >= 0.6 is 11.3 Å². The third-order valence-electron chi connectivity index (χ3n) is 6.21. The van der Waals surface area contributed by atoms with Crippen molar-refractivity contribution in [2.45, 2.75) is 33.2 Å². The molecule has 1 N–H and O–H groups in total. The maximum atomic E-state index is 13.4. The van der Waals surface area contributed by atoms with Crippen LogP contribution in [0, 0.1) is 13.8 Å². The van der Waals surface area contributed by atoms with Crippen molar-refractivity contribution < 1.29 is 14.7 Å². The molecule has 4 aromatic rings. The molecule has 1 fully saturated rings. The summed E-state index contributed by atoms with van der Waals surface area (Å²) in [7, 11) is 0. The van der Waals surface area contributed by atoms with Gasteiger partial charge in [0.2, 0.25) is 0 Å². The average Bonchev–Trinajstić information content (AvgIpc) is 3.37. The van der Waals surface area contributed by atoms with Gasteiger partial charge in [-0.2, -0.15) is 0 Å². The van der Waals surface area contributed by atoms with Crippen LogP contribution in [-0.2, 0) is 16.0 Å². The molecule has 1 aromatic heterocycles. The normalized spacial score (nSPS) is 17.6. The summed E-state index contributed by atoms with van der Waals surface area (Å²) in [6, 6.07) is 20.2. The number of anilines is 1. The quantitative estimate of drug-likeness (QED) is 0.223. The SMILES string of the molecule is CCc1ccc(C2/C(=C(\O)c3ccc(C)cc3)C(=O)C(=O)N2c2nc3ccc(C)cc3s2)cc1. The minimum Gasteiger partial charge on any atom is -0.507 e. The molecule has 0 radical (unpaired) electrons. The fourth-order valence-corrected chi connectivity index (χ4v) is 5.36. The van der Waals surface area contributed by atoms with Gasteiger partial charge in [-0.1, -0.05) is 78.4 Å². The number of aliphatic hydroxyl groups is 1. The highest BCUT2D eigenvalue weighted by atomic mass is 32.1. The molecule has 3 aromatic carbocycles. The summed E-state index contributed by atoms with van der Waals surface area (Å²) in [6.45, 7) is 6.02. The lowest BCUT2D eigenvalue weighted by atomic mass is 9.94. The van der Waals surface area contributed by atoms with Crippen molar-refractivity contribution in [1.82, 2.24) is 4.98 Å². The second-order valence-corrected chi connectivity index (χ2v) is 9.61. The maximum absolute atomic E-state index is 13.4. The first-order chi connectivity index (χ1) is 16.4. The van der Waals surface area contributed by atoms with E-state index in [-0.39, 0.29) is 11.3 Å². The molecule has 2 heterocycles. The van der Waals surface area contributed by atoms with Gasteiger partial charge in [-0.05, 0) is 49.1 Å². The van der Waals surface area contributed by atoms with E-state index in [1.165, 1.54) is 16.2 Å². The topological polar surface area (TPSA) is 70.5 Å². The summed E-state index contributed by atoms with van der Waals surface area (Å²) in [4.78, 5) is 32.8. The van der Waals surface area contributed by atoms with Gasteiger partial charge < -0.3 is 5.11 Å². The molecule has 6 heteroatoms. The first-order valence-corrected chi connectivity index (χ1v) is 12.0. The van der Waals surface area contributed by atoms with Crippen molar-refractivity contribution in [2.75, 3.05) is 4.90 Å². The number of amides is 1. The number of aliphatic hydroxyl groups excluding tert-OH is 1. The molecule has 1 aliphatic rings. The van der Waals surface area contributed by atoms with Crippen molar-refractivity contribution in [2.24, 2.45) is 0 Å². The molecule has 0 aliphatic carbocycles. The van der Waals surface area contributed by atoms with E-state index in [1.54, 1.807) is 12.1 Å². The Kier molecular flexibility index (Phi) is 5.54. The summed E-state index contributed by atoms with van der Waals surface area (Å²) < 4.78 is 0.940. The number of aromatic nitrogens is 1. The van der Waals surface area contributed by atoms with Gasteiger partial charge >= 0.3 is 5.91 Å². The molecule has 0 spiro atoms. The van der Waals surface area contributed by atoms with E-state index in [9.17, 15) is 14.7 Å². The van der Waals surface area contributed by atoms with Gasteiger partial charge in [-0.25, -0.2) is 4.98 Å². The average molecular weight is 469 g/mol. The van der Waals surface area contributed by atoms with Gasteiger partial charge in [-0.3, -0.25) is 14.5 Å². The summed E-state index contributed by atoms with van der Waals surface area (Å²) >= 11 is 1.37. The van der Waals surface area contributed by atoms with Gasteiger partial charge in [-0.15, -0.1) is 0 Å². The number of aryl methyl sites for hydroxylation is 3. The first kappa shape index (κ1) is 22.0. The number of thiazole rings is 1. The van der Waals surface area contributed by atoms with E-state index in [0.717, 1.165) is 38.9 Å². The fourth-order valence-electron chi connectivity index (χ4n) is 4.27. The second kappa shape index (κ2) is 8.54.